The fourth-order valence-electron chi connectivity index (χ4n) is 2.79. The predicted molar refractivity (Wildman–Crippen MR) is 87.1 cm³/mol. The molecule has 3 rings (SSSR count). The normalized spacial score (nSPS) is 14.1. The van der Waals surface area contributed by atoms with E-state index in [9.17, 15) is 9.90 Å². The van der Waals surface area contributed by atoms with Gasteiger partial charge in [0.15, 0.2) is 0 Å². The summed E-state index contributed by atoms with van der Waals surface area (Å²) in [6, 6.07) is 14.9. The van der Waals surface area contributed by atoms with Gasteiger partial charge in [-0.25, -0.2) is 4.79 Å². The Bertz CT molecular complexity index is 652. The molecule has 0 saturated carbocycles. The van der Waals surface area contributed by atoms with Crippen LogP contribution in [0.1, 0.15) is 24.0 Å². The highest BCUT2D eigenvalue weighted by atomic mass is 16.3. The standard InChI is InChI=1S/C18H20N2O2/c21-16-10-8-14(9-11-16)13-19-18(22)20-12-4-3-6-15-5-1-2-7-17(15)20/h1-2,5,7-11,21H,3-4,6,12-13H2,(H,19,22). The first-order valence-electron chi connectivity index (χ1n) is 7.65. The molecule has 4 heteroatoms. The fourth-order valence-corrected chi connectivity index (χ4v) is 2.79. The van der Waals surface area contributed by atoms with E-state index in [0.717, 1.165) is 37.1 Å². The number of carbonyl (C=O) groups excluding carboxylic acids is 1. The van der Waals surface area contributed by atoms with Crippen molar-refractivity contribution < 1.29 is 9.90 Å². The van der Waals surface area contributed by atoms with Crippen molar-refractivity contribution in [2.24, 2.45) is 0 Å². The molecular weight excluding hydrogens is 276 g/mol. The summed E-state index contributed by atoms with van der Waals surface area (Å²) >= 11 is 0. The van der Waals surface area contributed by atoms with E-state index in [4.69, 9.17) is 0 Å². The monoisotopic (exact) mass is 296 g/mol. The molecule has 0 fully saturated rings. The van der Waals surface area contributed by atoms with Crippen LogP contribution in [0.5, 0.6) is 5.75 Å². The van der Waals surface area contributed by atoms with Gasteiger partial charge in [-0.15, -0.1) is 0 Å². The first kappa shape index (κ1) is 14.4. The molecule has 0 atom stereocenters. The summed E-state index contributed by atoms with van der Waals surface area (Å²) < 4.78 is 0. The summed E-state index contributed by atoms with van der Waals surface area (Å²) in [5.41, 5.74) is 3.22. The zero-order valence-corrected chi connectivity index (χ0v) is 12.5. The number of hydrogen-bond donors (Lipinski definition) is 2. The van der Waals surface area contributed by atoms with E-state index in [1.165, 1.54) is 5.56 Å². The predicted octanol–water partition coefficient (Wildman–Crippen LogP) is 3.44. The van der Waals surface area contributed by atoms with Crippen LogP contribution >= 0.6 is 0 Å². The minimum Gasteiger partial charge on any atom is -0.508 e. The summed E-state index contributed by atoms with van der Waals surface area (Å²) in [6.45, 7) is 1.20. The maximum absolute atomic E-state index is 12.5. The number of aryl methyl sites for hydroxylation is 1. The number of hydrogen-bond acceptors (Lipinski definition) is 2. The molecule has 0 aliphatic carbocycles. The van der Waals surface area contributed by atoms with Gasteiger partial charge in [0.25, 0.3) is 0 Å². The van der Waals surface area contributed by atoms with Gasteiger partial charge in [0.05, 0.1) is 0 Å². The van der Waals surface area contributed by atoms with Crippen molar-refractivity contribution in [1.29, 1.82) is 0 Å². The maximum Gasteiger partial charge on any atom is 0.322 e. The third kappa shape index (κ3) is 3.22. The van der Waals surface area contributed by atoms with Gasteiger partial charge in [0.2, 0.25) is 0 Å². The van der Waals surface area contributed by atoms with Gasteiger partial charge >= 0.3 is 6.03 Å². The number of benzene rings is 2. The minimum atomic E-state index is -0.0672. The number of para-hydroxylation sites is 1. The lowest BCUT2D eigenvalue weighted by molar-refractivity contribution is 0.246. The fraction of sp³-hybridized carbons (Fsp3) is 0.278. The molecule has 2 amide bonds. The van der Waals surface area contributed by atoms with Crippen molar-refractivity contribution >= 4 is 11.7 Å². The van der Waals surface area contributed by atoms with Crippen LogP contribution < -0.4 is 10.2 Å². The first-order chi connectivity index (χ1) is 10.7. The topological polar surface area (TPSA) is 52.6 Å². The molecule has 0 saturated heterocycles. The van der Waals surface area contributed by atoms with Crippen molar-refractivity contribution in [3.63, 3.8) is 0 Å². The van der Waals surface area contributed by atoms with Crippen LogP contribution in [0.2, 0.25) is 0 Å². The highest BCUT2D eigenvalue weighted by Crippen LogP contribution is 2.26. The van der Waals surface area contributed by atoms with E-state index < -0.39 is 0 Å². The van der Waals surface area contributed by atoms with Crippen LogP contribution in [0.4, 0.5) is 10.5 Å². The Labute approximate surface area is 130 Å². The molecule has 2 N–H and O–H groups in total. The third-order valence-corrected chi connectivity index (χ3v) is 3.99. The molecule has 22 heavy (non-hydrogen) atoms. The van der Waals surface area contributed by atoms with Crippen LogP contribution in [0.15, 0.2) is 48.5 Å². The highest BCUT2D eigenvalue weighted by Gasteiger charge is 2.20. The molecule has 0 aromatic heterocycles. The summed E-state index contributed by atoms with van der Waals surface area (Å²) in [4.78, 5) is 14.4. The zero-order chi connectivity index (χ0) is 15.4. The molecule has 0 spiro atoms. The maximum atomic E-state index is 12.5. The van der Waals surface area contributed by atoms with Crippen molar-refractivity contribution in [2.75, 3.05) is 11.4 Å². The number of fused-ring (bicyclic) bond motifs is 1. The van der Waals surface area contributed by atoms with E-state index in [0.29, 0.717) is 6.54 Å². The van der Waals surface area contributed by atoms with Crippen LogP contribution in [0.3, 0.4) is 0 Å². The Kier molecular flexibility index (Phi) is 4.28. The SMILES string of the molecule is O=C(NCc1ccc(O)cc1)N1CCCCc2ccccc21. The van der Waals surface area contributed by atoms with Crippen molar-refractivity contribution in [1.82, 2.24) is 5.32 Å². The summed E-state index contributed by atoms with van der Waals surface area (Å²) in [5.74, 6) is 0.233. The van der Waals surface area contributed by atoms with Gasteiger partial charge in [0, 0.05) is 18.8 Å². The number of anilines is 1. The van der Waals surface area contributed by atoms with Crippen LogP contribution in [0, 0.1) is 0 Å². The average molecular weight is 296 g/mol. The molecule has 2 aromatic rings. The number of aromatic hydroxyl groups is 1. The summed E-state index contributed by atoms with van der Waals surface area (Å²) in [6.07, 6.45) is 3.15. The molecule has 0 bridgehead atoms. The zero-order valence-electron chi connectivity index (χ0n) is 12.5. The molecular formula is C18H20N2O2. The molecule has 1 heterocycles. The number of nitrogens with one attached hydrogen (secondary N) is 1. The summed E-state index contributed by atoms with van der Waals surface area (Å²) in [5, 5.41) is 12.2. The number of nitrogens with zero attached hydrogens (tertiary/aromatic N) is 1. The Hall–Kier alpha value is -2.49. The number of carbonyl (C=O) groups is 1. The average Bonchev–Trinajstić information content (AvgIpc) is 2.76. The lowest BCUT2D eigenvalue weighted by atomic mass is 10.1. The molecule has 1 aliphatic rings. The van der Waals surface area contributed by atoms with Crippen molar-refractivity contribution in [2.45, 2.75) is 25.8 Å². The second-order valence-electron chi connectivity index (χ2n) is 5.56. The lowest BCUT2D eigenvalue weighted by Gasteiger charge is -2.23. The second-order valence-corrected chi connectivity index (χ2v) is 5.56. The van der Waals surface area contributed by atoms with Gasteiger partial charge in [-0.2, -0.15) is 0 Å². The molecule has 114 valence electrons. The first-order valence-corrected chi connectivity index (χ1v) is 7.65. The lowest BCUT2D eigenvalue weighted by Crippen LogP contribution is -2.40. The second kappa shape index (κ2) is 6.52. The Balaban J connectivity index is 1.70. The molecule has 0 radical (unpaired) electrons. The van der Waals surface area contributed by atoms with E-state index in [2.05, 4.69) is 11.4 Å². The minimum absolute atomic E-state index is 0.0672. The highest BCUT2D eigenvalue weighted by molar-refractivity contribution is 5.92. The Morgan fingerprint density at radius 2 is 1.86 bits per heavy atom. The number of urea groups is 1. The van der Waals surface area contributed by atoms with Crippen molar-refractivity contribution in [3.8, 4) is 5.75 Å². The van der Waals surface area contributed by atoms with E-state index in [1.54, 1.807) is 12.1 Å². The molecule has 2 aromatic carbocycles. The van der Waals surface area contributed by atoms with Crippen LogP contribution in [-0.2, 0) is 13.0 Å². The van der Waals surface area contributed by atoms with E-state index >= 15 is 0 Å². The molecule has 0 unspecified atom stereocenters. The van der Waals surface area contributed by atoms with E-state index in [1.807, 2.05) is 35.2 Å². The molecule has 1 aliphatic heterocycles. The number of phenols is 1. The summed E-state index contributed by atoms with van der Waals surface area (Å²) in [7, 11) is 0. The largest absolute Gasteiger partial charge is 0.508 e. The van der Waals surface area contributed by atoms with Gasteiger partial charge < -0.3 is 10.4 Å². The number of rotatable bonds is 2. The van der Waals surface area contributed by atoms with Gasteiger partial charge in [-0.1, -0.05) is 30.3 Å². The number of phenolic OH excluding ortho intramolecular Hbond substituents is 1. The Morgan fingerprint density at radius 3 is 2.68 bits per heavy atom. The van der Waals surface area contributed by atoms with Gasteiger partial charge in [-0.3, -0.25) is 4.90 Å². The quantitative estimate of drug-likeness (QED) is 0.892. The van der Waals surface area contributed by atoms with Crippen LogP contribution in [-0.4, -0.2) is 17.7 Å². The van der Waals surface area contributed by atoms with E-state index in [-0.39, 0.29) is 11.8 Å². The number of amides is 2. The van der Waals surface area contributed by atoms with Gasteiger partial charge in [-0.05, 0) is 48.6 Å². The third-order valence-electron chi connectivity index (χ3n) is 3.99. The smallest absolute Gasteiger partial charge is 0.322 e. The van der Waals surface area contributed by atoms with Crippen molar-refractivity contribution in [3.05, 3.63) is 59.7 Å². The van der Waals surface area contributed by atoms with Gasteiger partial charge in [0.1, 0.15) is 5.75 Å². The molecule has 4 nitrogen and oxygen atoms in total. The Morgan fingerprint density at radius 1 is 1.09 bits per heavy atom. The van der Waals surface area contributed by atoms with Crippen LogP contribution in [0.25, 0.3) is 0 Å².